The van der Waals surface area contributed by atoms with E-state index in [2.05, 4.69) is 10.0 Å². The van der Waals surface area contributed by atoms with Gasteiger partial charge in [0.1, 0.15) is 0 Å². The molecule has 1 amide bonds. The predicted octanol–water partition coefficient (Wildman–Crippen LogP) is 1.75. The van der Waals surface area contributed by atoms with Gasteiger partial charge in [-0.3, -0.25) is 4.79 Å². The quantitative estimate of drug-likeness (QED) is 0.778. The molecule has 1 aliphatic rings. The third kappa shape index (κ3) is 4.73. The highest BCUT2D eigenvalue weighted by Gasteiger charge is 2.23. The minimum atomic E-state index is -3.63. The number of carbonyl (C=O) groups excluding carboxylic acids is 1. The van der Waals surface area contributed by atoms with E-state index < -0.39 is 10.0 Å². The molecule has 1 heterocycles. The second kappa shape index (κ2) is 8.81. The van der Waals surface area contributed by atoms with Gasteiger partial charge in [-0.15, -0.1) is 12.4 Å². The summed E-state index contributed by atoms with van der Waals surface area (Å²) in [6.45, 7) is 1.81. The minimum absolute atomic E-state index is 0. The fraction of sp³-hybridized carbons (Fsp3) is 0.389. The summed E-state index contributed by atoms with van der Waals surface area (Å²) in [7, 11) is -1.85. The molecule has 26 heavy (non-hydrogen) atoms. The highest BCUT2D eigenvalue weighted by molar-refractivity contribution is 7.89. The Labute approximate surface area is 160 Å². The van der Waals surface area contributed by atoms with Crippen molar-refractivity contribution in [2.45, 2.75) is 23.8 Å². The van der Waals surface area contributed by atoms with E-state index in [0.29, 0.717) is 0 Å². The SMILES string of the molecule is CN(C(=O)CCNS(=O)(=O)c1ccc2ccccc2c1)C1CCNC1.Cl. The Kier molecular flexibility index (Phi) is 7.00. The lowest BCUT2D eigenvalue weighted by molar-refractivity contribution is -0.131. The maximum atomic E-state index is 12.4. The lowest BCUT2D eigenvalue weighted by Crippen LogP contribution is -2.40. The van der Waals surface area contributed by atoms with E-state index in [1.165, 1.54) is 0 Å². The van der Waals surface area contributed by atoms with Crippen LogP contribution in [0.1, 0.15) is 12.8 Å². The Balaban J connectivity index is 0.00000243. The Morgan fingerprint density at radius 1 is 1.23 bits per heavy atom. The van der Waals surface area contributed by atoms with E-state index in [9.17, 15) is 13.2 Å². The number of benzene rings is 2. The number of likely N-dealkylation sites (N-methyl/N-ethyl adjacent to an activating group) is 1. The van der Waals surface area contributed by atoms with Gasteiger partial charge >= 0.3 is 0 Å². The number of nitrogens with one attached hydrogen (secondary N) is 2. The van der Waals surface area contributed by atoms with Crippen molar-refractivity contribution in [2.75, 3.05) is 26.7 Å². The molecule has 0 saturated carbocycles. The molecule has 1 atom stereocenters. The van der Waals surface area contributed by atoms with Crippen molar-refractivity contribution in [3.05, 3.63) is 42.5 Å². The lowest BCUT2D eigenvalue weighted by atomic mass is 10.1. The van der Waals surface area contributed by atoms with Gasteiger partial charge in [0.2, 0.25) is 15.9 Å². The van der Waals surface area contributed by atoms with E-state index in [1.54, 1.807) is 30.1 Å². The van der Waals surface area contributed by atoms with Crippen LogP contribution in [0.3, 0.4) is 0 Å². The topological polar surface area (TPSA) is 78.5 Å². The second-order valence-electron chi connectivity index (χ2n) is 6.31. The molecule has 2 aromatic carbocycles. The number of hydrogen-bond donors (Lipinski definition) is 2. The number of fused-ring (bicyclic) bond motifs is 1. The molecule has 0 bridgehead atoms. The Bertz CT molecular complexity index is 867. The van der Waals surface area contributed by atoms with E-state index in [0.717, 1.165) is 30.3 Å². The molecule has 0 spiro atoms. The van der Waals surface area contributed by atoms with Gasteiger partial charge in [0, 0.05) is 32.6 Å². The van der Waals surface area contributed by atoms with Gasteiger partial charge in [0.05, 0.1) is 4.90 Å². The van der Waals surface area contributed by atoms with Crippen LogP contribution in [0.15, 0.2) is 47.4 Å². The molecule has 1 aliphatic heterocycles. The largest absolute Gasteiger partial charge is 0.341 e. The molecule has 2 aromatic rings. The molecule has 0 aliphatic carbocycles. The maximum absolute atomic E-state index is 12.4. The average molecular weight is 398 g/mol. The molecule has 142 valence electrons. The van der Waals surface area contributed by atoms with Crippen LogP contribution in [0.4, 0.5) is 0 Å². The number of sulfonamides is 1. The molecule has 2 N–H and O–H groups in total. The van der Waals surface area contributed by atoms with Gasteiger partial charge in [-0.1, -0.05) is 30.3 Å². The van der Waals surface area contributed by atoms with Crippen molar-refractivity contribution in [1.82, 2.24) is 14.9 Å². The molecule has 8 heteroatoms. The van der Waals surface area contributed by atoms with Crippen LogP contribution >= 0.6 is 12.4 Å². The van der Waals surface area contributed by atoms with Crippen molar-refractivity contribution in [1.29, 1.82) is 0 Å². The third-order valence-electron chi connectivity index (χ3n) is 4.64. The zero-order valence-corrected chi connectivity index (χ0v) is 16.3. The molecule has 0 aromatic heterocycles. The summed E-state index contributed by atoms with van der Waals surface area (Å²) in [5.41, 5.74) is 0. The van der Waals surface area contributed by atoms with Gasteiger partial charge in [-0.2, -0.15) is 0 Å². The molecule has 6 nitrogen and oxygen atoms in total. The van der Waals surface area contributed by atoms with Gasteiger partial charge in [-0.05, 0) is 35.9 Å². The number of halogens is 1. The zero-order chi connectivity index (χ0) is 17.9. The summed E-state index contributed by atoms with van der Waals surface area (Å²) in [6, 6.07) is 12.8. The van der Waals surface area contributed by atoms with E-state index in [4.69, 9.17) is 0 Å². The minimum Gasteiger partial charge on any atom is -0.341 e. The molecule has 3 rings (SSSR count). The van der Waals surface area contributed by atoms with E-state index in [-0.39, 0.29) is 42.2 Å². The molecule has 0 radical (unpaired) electrons. The number of nitrogens with zero attached hydrogens (tertiary/aromatic N) is 1. The van der Waals surface area contributed by atoms with Crippen LogP contribution in [-0.2, 0) is 14.8 Å². The Morgan fingerprint density at radius 2 is 1.96 bits per heavy atom. The van der Waals surface area contributed by atoms with Crippen molar-refractivity contribution >= 4 is 39.1 Å². The summed E-state index contributed by atoms with van der Waals surface area (Å²) in [5, 5.41) is 5.08. The fourth-order valence-corrected chi connectivity index (χ4v) is 4.13. The Hall–Kier alpha value is -1.67. The summed E-state index contributed by atoms with van der Waals surface area (Å²) >= 11 is 0. The van der Waals surface area contributed by atoms with Gasteiger partial charge in [0.25, 0.3) is 0 Å². The average Bonchev–Trinajstić information content (AvgIpc) is 3.15. The van der Waals surface area contributed by atoms with Gasteiger partial charge in [0.15, 0.2) is 0 Å². The molecular formula is C18H24ClN3O3S. The highest BCUT2D eigenvalue weighted by atomic mass is 35.5. The van der Waals surface area contributed by atoms with E-state index in [1.807, 2.05) is 24.3 Å². The first-order valence-corrected chi connectivity index (χ1v) is 9.90. The van der Waals surface area contributed by atoms with Gasteiger partial charge < -0.3 is 10.2 Å². The first-order valence-electron chi connectivity index (χ1n) is 8.42. The smallest absolute Gasteiger partial charge is 0.240 e. The van der Waals surface area contributed by atoms with Crippen LogP contribution < -0.4 is 10.0 Å². The predicted molar refractivity (Wildman–Crippen MR) is 105 cm³/mol. The van der Waals surface area contributed by atoms with Crippen LogP contribution in [-0.4, -0.2) is 51.9 Å². The Morgan fingerprint density at radius 3 is 2.65 bits per heavy atom. The van der Waals surface area contributed by atoms with E-state index >= 15 is 0 Å². The molecule has 1 fully saturated rings. The molecular weight excluding hydrogens is 374 g/mol. The first-order chi connectivity index (χ1) is 12.0. The van der Waals surface area contributed by atoms with Crippen LogP contribution in [0.2, 0.25) is 0 Å². The lowest BCUT2D eigenvalue weighted by Gasteiger charge is -2.23. The second-order valence-corrected chi connectivity index (χ2v) is 8.07. The fourth-order valence-electron chi connectivity index (χ4n) is 3.06. The monoisotopic (exact) mass is 397 g/mol. The highest BCUT2D eigenvalue weighted by Crippen LogP contribution is 2.18. The number of rotatable bonds is 6. The maximum Gasteiger partial charge on any atom is 0.240 e. The normalized spacial score (nSPS) is 17.0. The standard InChI is InChI=1S/C18H23N3O3S.ClH/c1-21(16-8-10-19-13-16)18(22)9-11-20-25(23,24)17-7-6-14-4-2-3-5-15(14)12-17;/h2-7,12,16,19-20H,8-11,13H2,1H3;1H. The van der Waals surface area contributed by atoms with Crippen LogP contribution in [0.5, 0.6) is 0 Å². The first kappa shape index (κ1) is 20.6. The zero-order valence-electron chi connectivity index (χ0n) is 14.6. The van der Waals surface area contributed by atoms with Crippen molar-refractivity contribution < 1.29 is 13.2 Å². The summed E-state index contributed by atoms with van der Waals surface area (Å²) in [4.78, 5) is 14.1. The van der Waals surface area contributed by atoms with Crippen molar-refractivity contribution in [3.63, 3.8) is 0 Å². The van der Waals surface area contributed by atoms with Crippen molar-refractivity contribution in [2.24, 2.45) is 0 Å². The molecule has 1 unspecified atom stereocenters. The summed E-state index contributed by atoms with van der Waals surface area (Å²) < 4.78 is 27.4. The number of amides is 1. The van der Waals surface area contributed by atoms with Crippen molar-refractivity contribution in [3.8, 4) is 0 Å². The molecule has 1 saturated heterocycles. The summed E-state index contributed by atoms with van der Waals surface area (Å²) in [5.74, 6) is -0.0464. The third-order valence-corrected chi connectivity index (χ3v) is 6.10. The van der Waals surface area contributed by atoms with Crippen LogP contribution in [0.25, 0.3) is 10.8 Å². The van der Waals surface area contributed by atoms with Gasteiger partial charge in [-0.25, -0.2) is 13.1 Å². The number of hydrogen-bond acceptors (Lipinski definition) is 4. The summed E-state index contributed by atoms with van der Waals surface area (Å²) in [6.07, 6.45) is 1.09. The number of carbonyl (C=O) groups is 1. The van der Waals surface area contributed by atoms with Crippen LogP contribution in [0, 0.1) is 0 Å².